The van der Waals surface area contributed by atoms with Crippen molar-refractivity contribution in [1.82, 2.24) is 9.78 Å². The van der Waals surface area contributed by atoms with E-state index in [4.69, 9.17) is 0 Å². The third-order valence-corrected chi connectivity index (χ3v) is 6.19. The van der Waals surface area contributed by atoms with E-state index in [1.165, 1.54) is 43.3 Å². The van der Waals surface area contributed by atoms with Crippen LogP contribution in [0.3, 0.4) is 0 Å². The number of nitrogens with one attached hydrogen (secondary N) is 1. The van der Waals surface area contributed by atoms with Crippen molar-refractivity contribution in [3.8, 4) is 24.1 Å². The summed E-state index contributed by atoms with van der Waals surface area (Å²) in [6.45, 7) is 13.2. The maximum Gasteiger partial charge on any atom is 0.433 e. The summed E-state index contributed by atoms with van der Waals surface area (Å²) < 4.78 is 77.1. The van der Waals surface area contributed by atoms with Gasteiger partial charge in [-0.15, -0.1) is 19.4 Å². The second-order valence-electron chi connectivity index (χ2n) is 7.85. The van der Waals surface area contributed by atoms with Gasteiger partial charge in [0.2, 0.25) is 5.91 Å². The Bertz CT molecular complexity index is 1410. The van der Waals surface area contributed by atoms with Crippen LogP contribution >= 0.6 is 0 Å². The fraction of sp³-hybridized carbons (Fsp3) is 0.312. The minimum atomic E-state index is -4.79. The molecule has 0 aliphatic heterocycles. The van der Waals surface area contributed by atoms with E-state index in [9.17, 15) is 30.8 Å². The van der Waals surface area contributed by atoms with E-state index in [2.05, 4.69) is 29.8 Å². The number of halogens is 4. The van der Waals surface area contributed by atoms with Crippen LogP contribution in [0.5, 0.6) is 0 Å². The molecule has 0 saturated carbocycles. The highest BCUT2D eigenvalue weighted by atomic mass is 32.2. The Morgan fingerprint density at radius 3 is 1.91 bits per heavy atom. The zero-order chi connectivity index (χ0) is 33.8. The summed E-state index contributed by atoms with van der Waals surface area (Å²) >= 11 is 0. The number of para-hydroxylation sites is 1. The monoisotopic (exact) mass is 623 g/mol. The molecular formula is C32H41F4N3O3S. The maximum atomic E-state index is 14.1. The number of amides is 1. The van der Waals surface area contributed by atoms with Gasteiger partial charge in [0, 0.05) is 23.1 Å². The van der Waals surface area contributed by atoms with Crippen LogP contribution in [0.2, 0.25) is 0 Å². The van der Waals surface area contributed by atoms with Crippen molar-refractivity contribution in [2.75, 3.05) is 18.2 Å². The number of allylic oxidation sites excluding steroid dienone is 3. The van der Waals surface area contributed by atoms with Gasteiger partial charge in [-0.3, -0.25) is 4.79 Å². The number of terminal acetylenes is 1. The van der Waals surface area contributed by atoms with Crippen LogP contribution < -0.4 is 5.32 Å². The van der Waals surface area contributed by atoms with Crippen molar-refractivity contribution < 1.29 is 30.8 Å². The van der Waals surface area contributed by atoms with E-state index < -0.39 is 40.8 Å². The third-order valence-electron chi connectivity index (χ3n) is 5.06. The van der Waals surface area contributed by atoms with E-state index in [-0.39, 0.29) is 16.2 Å². The molecule has 0 radical (unpaired) electrons. The number of sulfone groups is 1. The molecule has 0 spiro atoms. The number of benzene rings is 2. The molecule has 0 bridgehead atoms. The zero-order valence-electron chi connectivity index (χ0n) is 25.7. The van der Waals surface area contributed by atoms with Crippen LogP contribution in [0.1, 0.15) is 52.8 Å². The molecular weight excluding hydrogens is 582 g/mol. The van der Waals surface area contributed by atoms with Gasteiger partial charge < -0.3 is 5.32 Å². The van der Waals surface area contributed by atoms with Gasteiger partial charge in [-0.05, 0) is 43.7 Å². The fourth-order valence-corrected chi connectivity index (χ4v) is 3.93. The number of anilines is 1. The Hall–Kier alpha value is -4.17. The quantitative estimate of drug-likeness (QED) is 0.163. The summed E-state index contributed by atoms with van der Waals surface area (Å²) in [5, 5.41) is 6.69. The van der Waals surface area contributed by atoms with Gasteiger partial charge in [-0.1, -0.05) is 70.2 Å². The Morgan fingerprint density at radius 1 is 1.02 bits per heavy atom. The Labute approximate surface area is 253 Å². The molecule has 3 aromatic rings. The van der Waals surface area contributed by atoms with Crippen LogP contribution in [0, 0.1) is 12.8 Å². The largest absolute Gasteiger partial charge is 0.433 e. The normalized spacial score (nSPS) is 10.6. The molecule has 11 heteroatoms. The first-order chi connectivity index (χ1) is 20.3. The van der Waals surface area contributed by atoms with E-state index in [0.29, 0.717) is 21.5 Å². The van der Waals surface area contributed by atoms with E-state index in [1.807, 2.05) is 27.7 Å². The van der Waals surface area contributed by atoms with Crippen LogP contribution in [-0.4, -0.2) is 37.0 Å². The van der Waals surface area contributed by atoms with Gasteiger partial charge in [0.1, 0.15) is 18.9 Å². The maximum absolute atomic E-state index is 14.1. The molecule has 1 aromatic heterocycles. The molecule has 2 aromatic carbocycles. The summed E-state index contributed by atoms with van der Waals surface area (Å²) in [6.07, 6.45) is 6.98. The molecule has 0 saturated heterocycles. The molecule has 1 amide bonds. The topological polar surface area (TPSA) is 81.1 Å². The van der Waals surface area contributed by atoms with Crippen molar-refractivity contribution >= 4 is 27.0 Å². The highest BCUT2D eigenvalue weighted by molar-refractivity contribution is 7.90. The fourth-order valence-electron chi connectivity index (χ4n) is 3.30. The van der Waals surface area contributed by atoms with Gasteiger partial charge in [-0.2, -0.15) is 18.3 Å². The minimum Gasteiger partial charge on any atom is -0.324 e. The molecule has 43 heavy (non-hydrogen) atoms. The highest BCUT2D eigenvalue weighted by Gasteiger charge is 2.41. The standard InChI is InChI=1S/C23H22F3N3O3S.C3H5F.2C2H6.C2H2/c1-4-15(2)20-21(16-10-12-18(13-11-16)33(3,31)32)28-29(22(20)23(24,25)26)14-19(30)27-17-8-6-5-7-9-17;1-2-3-4;3*1-2/h4-13H,14H2,1-3H3,(H,27,30);2H,1,3H2;2*1-2H3;1-2H/b15-4+;;;;. The number of carbonyl (C=O) groups is 1. The second kappa shape index (κ2) is 20.7. The van der Waals surface area contributed by atoms with Crippen molar-refractivity contribution in [3.05, 3.63) is 84.6 Å². The van der Waals surface area contributed by atoms with E-state index in [0.717, 1.165) is 6.26 Å². The molecule has 3 rings (SSSR count). The van der Waals surface area contributed by atoms with Crippen molar-refractivity contribution in [2.24, 2.45) is 0 Å². The molecule has 0 aliphatic carbocycles. The first-order valence-corrected chi connectivity index (χ1v) is 15.2. The number of carbonyl (C=O) groups excluding carboxylic acids is 1. The van der Waals surface area contributed by atoms with Crippen LogP contribution in [0.25, 0.3) is 16.8 Å². The van der Waals surface area contributed by atoms with Gasteiger partial charge in [0.05, 0.1) is 4.90 Å². The predicted octanol–water partition coefficient (Wildman–Crippen LogP) is 8.48. The smallest absolute Gasteiger partial charge is 0.324 e. The van der Waals surface area contributed by atoms with Crippen molar-refractivity contribution in [1.29, 1.82) is 0 Å². The SMILES string of the molecule is C#C.C/C=C(\C)c1c(-c2ccc(S(C)(=O)=O)cc2)nn(CC(=O)Nc2ccccc2)c1C(F)(F)F.C=CCF.CC.CC. The lowest BCUT2D eigenvalue weighted by Gasteiger charge is -2.13. The molecule has 1 heterocycles. The first-order valence-electron chi connectivity index (χ1n) is 13.3. The molecule has 236 valence electrons. The van der Waals surface area contributed by atoms with Crippen LogP contribution in [0.4, 0.5) is 23.2 Å². The summed E-state index contributed by atoms with van der Waals surface area (Å²) in [7, 11) is -3.47. The molecule has 0 atom stereocenters. The number of hydrogen-bond donors (Lipinski definition) is 1. The van der Waals surface area contributed by atoms with E-state index in [1.54, 1.807) is 37.3 Å². The Morgan fingerprint density at radius 2 is 1.51 bits per heavy atom. The van der Waals surface area contributed by atoms with Crippen molar-refractivity contribution in [2.45, 2.75) is 59.2 Å². The molecule has 0 unspecified atom stereocenters. The predicted molar refractivity (Wildman–Crippen MR) is 169 cm³/mol. The lowest BCUT2D eigenvalue weighted by molar-refractivity contribution is -0.144. The summed E-state index contributed by atoms with van der Waals surface area (Å²) in [5.41, 5.74) is -0.145. The van der Waals surface area contributed by atoms with Gasteiger partial charge in [0.15, 0.2) is 15.5 Å². The number of aromatic nitrogens is 2. The average Bonchev–Trinajstić information content (AvgIpc) is 3.39. The number of hydrogen-bond acceptors (Lipinski definition) is 4. The Kier molecular flexibility index (Phi) is 19.7. The molecule has 0 fully saturated rings. The highest BCUT2D eigenvalue weighted by Crippen LogP contribution is 2.40. The van der Waals surface area contributed by atoms with Gasteiger partial charge in [0.25, 0.3) is 0 Å². The summed E-state index contributed by atoms with van der Waals surface area (Å²) in [5.74, 6) is -0.669. The summed E-state index contributed by atoms with van der Waals surface area (Å²) in [4.78, 5) is 12.5. The van der Waals surface area contributed by atoms with E-state index >= 15 is 0 Å². The Balaban J connectivity index is 0. The van der Waals surface area contributed by atoms with Gasteiger partial charge in [-0.25, -0.2) is 17.5 Å². The average molecular weight is 624 g/mol. The van der Waals surface area contributed by atoms with Crippen molar-refractivity contribution in [3.63, 3.8) is 0 Å². The number of nitrogens with zero attached hydrogens (tertiary/aromatic N) is 2. The number of alkyl halides is 4. The first kappa shape index (κ1) is 41.0. The minimum absolute atomic E-state index is 0.00508. The third kappa shape index (κ3) is 13.1. The molecule has 0 aliphatic rings. The van der Waals surface area contributed by atoms with Crippen LogP contribution in [0.15, 0.2) is 78.2 Å². The van der Waals surface area contributed by atoms with Crippen LogP contribution in [-0.2, 0) is 27.4 Å². The zero-order valence-corrected chi connectivity index (χ0v) is 26.5. The second-order valence-corrected chi connectivity index (χ2v) is 9.87. The molecule has 1 N–H and O–H groups in total. The lowest BCUT2D eigenvalue weighted by atomic mass is 9.99. The lowest BCUT2D eigenvalue weighted by Crippen LogP contribution is -2.24. The number of rotatable bonds is 7. The van der Waals surface area contributed by atoms with Gasteiger partial charge >= 0.3 is 6.18 Å². The summed E-state index contributed by atoms with van der Waals surface area (Å²) in [6, 6.07) is 13.8. The molecule has 6 nitrogen and oxygen atoms in total.